The molecule has 25 valence electrons. The van der Waals surface area contributed by atoms with Crippen molar-refractivity contribution in [2.45, 2.75) is 0 Å². The van der Waals surface area contributed by atoms with Gasteiger partial charge in [-0.15, -0.1) is 0 Å². The zero-order chi connectivity index (χ0) is 2.71. The van der Waals surface area contributed by atoms with Crippen LogP contribution in [0.3, 0.4) is 0 Å². The molecule has 0 heterocycles. The summed E-state index contributed by atoms with van der Waals surface area (Å²) < 4.78 is 0. The van der Waals surface area contributed by atoms with Crippen LogP contribution in [-0.4, -0.2) is 11.6 Å². The monoisotopic (exact) mass is 372 g/mol. The van der Waals surface area contributed by atoms with E-state index in [0.717, 1.165) is 0 Å². The smallest absolute Gasteiger partial charge is 0 e. The maximum absolute atomic E-state index is 8.24. The molecule has 0 aromatic rings. The molecule has 4 heteroatoms. The predicted octanol–water partition coefficient (Wildman–Crippen LogP) is -0.391. The molecular formula is CHO2UY-. The summed E-state index contributed by atoms with van der Waals surface area (Å²) >= 11 is 0. The number of aliphatic hydroxyl groups excluding tert-OH is 1. The van der Waals surface area contributed by atoms with Crippen molar-refractivity contribution in [1.29, 1.82) is 0 Å². The van der Waals surface area contributed by atoms with E-state index in [-0.39, 0.29) is 63.8 Å². The minimum atomic E-state index is 0. The van der Waals surface area contributed by atoms with Crippen LogP contribution in [0.5, 0.6) is 0 Å². The Bertz CT molecular complexity index is 17.1. The normalized spacial score (nSPS) is 2.40. The van der Waals surface area contributed by atoms with Gasteiger partial charge >= 0.3 is 0 Å². The van der Waals surface area contributed by atoms with E-state index >= 15 is 0 Å². The molecular weight excluding hydrogens is 371 g/mol. The van der Waals surface area contributed by atoms with Crippen LogP contribution in [0.1, 0.15) is 0 Å². The summed E-state index contributed by atoms with van der Waals surface area (Å²) in [5.41, 5.74) is 0. The molecule has 0 rings (SSSR count). The summed E-state index contributed by atoms with van der Waals surface area (Å²) in [5, 5.41) is 6.76. The van der Waals surface area contributed by atoms with Gasteiger partial charge in [-0.05, 0) is 0 Å². The molecule has 0 aliphatic heterocycles. The fraction of sp³-hybridized carbons (Fsp3) is 0. The molecule has 0 fully saturated rings. The van der Waals surface area contributed by atoms with E-state index in [2.05, 4.69) is 0 Å². The Morgan fingerprint density at radius 2 is 1.60 bits per heavy atom. The minimum absolute atomic E-state index is 0. The van der Waals surface area contributed by atoms with Crippen LogP contribution < -0.4 is 0 Å². The Labute approximate surface area is 79.0 Å². The zero-order valence-electron chi connectivity index (χ0n) is 2.43. The van der Waals surface area contributed by atoms with Crippen molar-refractivity contribution >= 4 is 6.47 Å². The average Bonchev–Trinajstić information content (AvgIpc) is 0.918. The van der Waals surface area contributed by atoms with Gasteiger partial charge in [0.1, 0.15) is 0 Å². The van der Waals surface area contributed by atoms with E-state index in [1.54, 1.807) is 0 Å². The first-order valence-electron chi connectivity index (χ1n) is 0.428. The van der Waals surface area contributed by atoms with E-state index < -0.39 is 0 Å². The van der Waals surface area contributed by atoms with E-state index in [1.165, 1.54) is 0 Å². The van der Waals surface area contributed by atoms with Crippen LogP contribution in [0.25, 0.3) is 0 Å². The summed E-state index contributed by atoms with van der Waals surface area (Å²) in [6.45, 7) is 0.500. The predicted molar refractivity (Wildman–Crippen MR) is 8.32 cm³/mol. The third kappa shape index (κ3) is 28.0. The van der Waals surface area contributed by atoms with Gasteiger partial charge in [0.25, 0.3) is 0 Å². The van der Waals surface area contributed by atoms with Crippen molar-refractivity contribution < 1.29 is 73.7 Å². The minimum Gasteiger partial charge on any atom is -0.665 e. The largest absolute Gasteiger partial charge is 0.665 e. The molecule has 1 radical (unpaired) electrons. The standard InChI is InChI=1S/CHO2.U.Y/c2-1-3;;/h(H,2,3);;/q-1;;. The molecule has 1 N–H and O–H groups in total. The third-order valence-electron chi connectivity index (χ3n) is 0. The van der Waals surface area contributed by atoms with E-state index in [4.69, 9.17) is 9.90 Å². The second kappa shape index (κ2) is 17.5. The van der Waals surface area contributed by atoms with Crippen LogP contribution in [0.2, 0.25) is 0 Å². The first-order valence-corrected chi connectivity index (χ1v) is 0.428. The van der Waals surface area contributed by atoms with Gasteiger partial charge in [0.2, 0.25) is 0 Å². The van der Waals surface area contributed by atoms with Crippen molar-refractivity contribution in [1.82, 2.24) is 0 Å². The van der Waals surface area contributed by atoms with Crippen molar-refractivity contribution in [3.63, 3.8) is 0 Å². The molecule has 0 amide bonds. The van der Waals surface area contributed by atoms with E-state index in [9.17, 15) is 0 Å². The van der Waals surface area contributed by atoms with Crippen molar-refractivity contribution in [2.75, 3.05) is 0 Å². The Morgan fingerprint density at radius 3 is 1.60 bits per heavy atom. The summed E-state index contributed by atoms with van der Waals surface area (Å²) in [6.07, 6.45) is 0. The SMILES string of the molecule is O=[C-]O.[U].[Y]. The van der Waals surface area contributed by atoms with Crippen LogP contribution in [0.15, 0.2) is 0 Å². The van der Waals surface area contributed by atoms with Gasteiger partial charge in [-0.2, -0.15) is 0 Å². The van der Waals surface area contributed by atoms with Crippen molar-refractivity contribution in [3.8, 4) is 0 Å². The fourth-order valence-electron chi connectivity index (χ4n) is 0. The second-order valence-electron chi connectivity index (χ2n) is 0.0913. The molecule has 0 aromatic heterocycles. The van der Waals surface area contributed by atoms with Crippen LogP contribution in [0.4, 0.5) is 0 Å². The van der Waals surface area contributed by atoms with Gasteiger partial charge in [0, 0.05) is 63.8 Å². The Morgan fingerprint density at radius 1 is 1.60 bits per heavy atom. The maximum atomic E-state index is 8.24. The summed E-state index contributed by atoms with van der Waals surface area (Å²) in [5.74, 6) is 0. The second-order valence-corrected chi connectivity index (χ2v) is 0.0913. The molecule has 2 nitrogen and oxygen atoms in total. The summed E-state index contributed by atoms with van der Waals surface area (Å²) in [7, 11) is 0. The van der Waals surface area contributed by atoms with Crippen molar-refractivity contribution in [2.24, 2.45) is 0 Å². The van der Waals surface area contributed by atoms with Gasteiger partial charge in [0.15, 0.2) is 0 Å². The van der Waals surface area contributed by atoms with Gasteiger partial charge in [-0.1, -0.05) is 6.47 Å². The molecule has 0 unspecified atom stereocenters. The van der Waals surface area contributed by atoms with E-state index in [0.29, 0.717) is 6.47 Å². The van der Waals surface area contributed by atoms with E-state index in [1.807, 2.05) is 0 Å². The number of rotatable bonds is 0. The average molecular weight is 372 g/mol. The Kier molecular flexibility index (Phi) is 55.7. The summed E-state index contributed by atoms with van der Waals surface area (Å²) in [4.78, 5) is 8.24. The van der Waals surface area contributed by atoms with Crippen LogP contribution in [-0.2, 0) is 37.5 Å². The Balaban J connectivity index is -0.0000000200. The fourth-order valence-corrected chi connectivity index (χ4v) is 0. The van der Waals surface area contributed by atoms with Crippen LogP contribution in [0, 0.1) is 31.1 Å². The number of hydrogen-bond donors (Lipinski definition) is 1. The maximum Gasteiger partial charge on any atom is 0 e. The first-order chi connectivity index (χ1) is 1.41. The van der Waals surface area contributed by atoms with Crippen LogP contribution >= 0.6 is 0 Å². The van der Waals surface area contributed by atoms with Gasteiger partial charge in [-0.3, -0.25) is 0 Å². The first kappa shape index (κ1) is 16.0. The topological polar surface area (TPSA) is 37.3 Å². The molecule has 0 aliphatic rings. The molecule has 0 aliphatic carbocycles. The molecule has 5 heavy (non-hydrogen) atoms. The van der Waals surface area contributed by atoms with Gasteiger partial charge in [0.05, 0.1) is 0 Å². The van der Waals surface area contributed by atoms with Crippen molar-refractivity contribution in [3.05, 3.63) is 0 Å². The Hall–Kier alpha value is 1.63. The van der Waals surface area contributed by atoms with Gasteiger partial charge < -0.3 is 9.90 Å². The van der Waals surface area contributed by atoms with Gasteiger partial charge in [-0.25, -0.2) is 0 Å². The molecule has 0 spiro atoms. The molecule has 0 aromatic carbocycles. The zero-order valence-corrected chi connectivity index (χ0v) is 9.43. The third-order valence-corrected chi connectivity index (χ3v) is 0. The molecule has 0 atom stereocenters. The molecule has 0 saturated carbocycles. The summed E-state index contributed by atoms with van der Waals surface area (Å²) in [6, 6.07) is 0. The molecule has 0 bridgehead atoms. The molecule has 0 saturated heterocycles. The number of hydrogen-bond acceptors (Lipinski definition) is 1. The quantitative estimate of drug-likeness (QED) is 0.589.